The summed E-state index contributed by atoms with van der Waals surface area (Å²) in [7, 11) is 1.70. The molecule has 3 aromatic carbocycles. The number of halogens is 1. The number of ether oxygens (including phenoxy) is 2. The number of hydrogen-bond acceptors (Lipinski definition) is 4. The number of benzene rings is 3. The SMILES string of the molecule is COc1cc2c(c(C(=O)OCc3ccccc3)c1-c1ccc(Cl)cc1)C[C@H]1NCC[C@@]23CCCC[C@@H]13. The quantitative estimate of drug-likeness (QED) is 0.394. The minimum absolute atomic E-state index is 0.0992. The summed E-state index contributed by atoms with van der Waals surface area (Å²) >= 11 is 6.22. The number of hydrogen-bond donors (Lipinski definition) is 1. The number of fused-ring (bicyclic) bond motifs is 1. The van der Waals surface area contributed by atoms with Crippen molar-refractivity contribution in [2.45, 2.75) is 56.6 Å². The van der Waals surface area contributed by atoms with Gasteiger partial charge in [-0.05, 0) is 78.6 Å². The minimum Gasteiger partial charge on any atom is -0.496 e. The molecule has 1 saturated heterocycles. The Morgan fingerprint density at radius 2 is 1.89 bits per heavy atom. The molecular weight excluding hydrogens is 470 g/mol. The third kappa shape index (κ3) is 3.91. The smallest absolute Gasteiger partial charge is 0.339 e. The third-order valence-electron chi connectivity index (χ3n) is 8.69. The molecule has 3 aromatic rings. The number of carbonyl (C=O) groups is 1. The van der Waals surface area contributed by atoms with Crippen LogP contribution in [0.3, 0.4) is 0 Å². The highest BCUT2D eigenvalue weighted by atomic mass is 35.5. The van der Waals surface area contributed by atoms with Crippen LogP contribution in [-0.4, -0.2) is 25.7 Å². The molecule has 1 N–H and O–H groups in total. The Labute approximate surface area is 218 Å². The van der Waals surface area contributed by atoms with Crippen molar-refractivity contribution in [3.63, 3.8) is 0 Å². The molecule has 0 aromatic heterocycles. The summed E-state index contributed by atoms with van der Waals surface area (Å²) < 4.78 is 12.0. The summed E-state index contributed by atoms with van der Waals surface area (Å²) in [6.07, 6.45) is 6.87. The number of nitrogens with one attached hydrogen (secondary N) is 1. The molecule has 1 saturated carbocycles. The lowest BCUT2D eigenvalue weighted by Gasteiger charge is -2.56. The first-order valence-electron chi connectivity index (χ1n) is 13.1. The van der Waals surface area contributed by atoms with E-state index in [0.29, 0.717) is 22.5 Å². The molecule has 0 radical (unpaired) electrons. The van der Waals surface area contributed by atoms with E-state index in [1.165, 1.54) is 31.2 Å². The zero-order valence-electron chi connectivity index (χ0n) is 20.7. The van der Waals surface area contributed by atoms with E-state index < -0.39 is 0 Å². The molecule has 3 aliphatic rings. The molecule has 2 bridgehead atoms. The van der Waals surface area contributed by atoms with Crippen molar-refractivity contribution in [1.82, 2.24) is 5.32 Å². The van der Waals surface area contributed by atoms with Gasteiger partial charge in [0.1, 0.15) is 12.4 Å². The van der Waals surface area contributed by atoms with Gasteiger partial charge in [-0.25, -0.2) is 4.79 Å². The first-order chi connectivity index (χ1) is 17.6. The van der Waals surface area contributed by atoms with Crippen LogP contribution in [0.4, 0.5) is 0 Å². The van der Waals surface area contributed by atoms with E-state index in [9.17, 15) is 4.79 Å². The van der Waals surface area contributed by atoms with Crippen LogP contribution in [0.25, 0.3) is 11.1 Å². The van der Waals surface area contributed by atoms with Gasteiger partial charge in [0.15, 0.2) is 0 Å². The fraction of sp³-hybridized carbons (Fsp3) is 0.387. The number of carbonyl (C=O) groups excluding carboxylic acids is 1. The Hall–Kier alpha value is -2.82. The van der Waals surface area contributed by atoms with E-state index >= 15 is 0 Å². The number of esters is 1. The zero-order chi connectivity index (χ0) is 24.7. The third-order valence-corrected chi connectivity index (χ3v) is 8.94. The van der Waals surface area contributed by atoms with E-state index in [-0.39, 0.29) is 18.0 Å². The summed E-state index contributed by atoms with van der Waals surface area (Å²) in [5, 5.41) is 4.46. The van der Waals surface area contributed by atoms with Crippen LogP contribution >= 0.6 is 11.6 Å². The lowest BCUT2D eigenvalue weighted by Crippen LogP contribution is -2.59. The highest BCUT2D eigenvalue weighted by molar-refractivity contribution is 6.30. The fourth-order valence-electron chi connectivity index (χ4n) is 7.13. The maximum Gasteiger partial charge on any atom is 0.339 e. The Morgan fingerprint density at radius 1 is 1.08 bits per heavy atom. The Bertz CT molecular complexity index is 1270. The van der Waals surface area contributed by atoms with Gasteiger partial charge in [-0.15, -0.1) is 0 Å². The molecule has 2 fully saturated rings. The second-order valence-corrected chi connectivity index (χ2v) is 10.9. The van der Waals surface area contributed by atoms with E-state index in [4.69, 9.17) is 21.1 Å². The van der Waals surface area contributed by atoms with Gasteiger partial charge in [-0.3, -0.25) is 0 Å². The molecule has 1 heterocycles. The van der Waals surface area contributed by atoms with Crippen LogP contribution < -0.4 is 10.1 Å². The van der Waals surface area contributed by atoms with Crippen molar-refractivity contribution in [3.8, 4) is 16.9 Å². The summed E-state index contributed by atoms with van der Waals surface area (Å²) in [4.78, 5) is 14.0. The molecule has 0 spiro atoms. The Kier molecular flexibility index (Phi) is 6.27. The number of methoxy groups -OCH3 is 1. The molecule has 3 atom stereocenters. The molecule has 6 rings (SSSR count). The number of rotatable bonds is 5. The van der Waals surface area contributed by atoms with Crippen LogP contribution in [0.1, 0.15) is 59.2 Å². The molecule has 0 unspecified atom stereocenters. The van der Waals surface area contributed by atoms with E-state index in [1.54, 1.807) is 7.11 Å². The van der Waals surface area contributed by atoms with Crippen molar-refractivity contribution < 1.29 is 14.3 Å². The molecule has 2 aliphatic carbocycles. The van der Waals surface area contributed by atoms with Gasteiger partial charge in [-0.1, -0.05) is 66.9 Å². The van der Waals surface area contributed by atoms with Crippen molar-refractivity contribution in [2.75, 3.05) is 13.7 Å². The van der Waals surface area contributed by atoms with E-state index in [2.05, 4.69) is 11.4 Å². The molecule has 4 nitrogen and oxygen atoms in total. The van der Waals surface area contributed by atoms with Crippen LogP contribution in [0.15, 0.2) is 60.7 Å². The average molecular weight is 502 g/mol. The van der Waals surface area contributed by atoms with Crippen LogP contribution in [0.2, 0.25) is 5.02 Å². The van der Waals surface area contributed by atoms with Crippen LogP contribution in [-0.2, 0) is 23.2 Å². The summed E-state index contributed by atoms with van der Waals surface area (Å²) in [5.41, 5.74) is 5.88. The van der Waals surface area contributed by atoms with Gasteiger partial charge < -0.3 is 14.8 Å². The average Bonchev–Trinajstić information content (AvgIpc) is 2.92. The predicted octanol–water partition coefficient (Wildman–Crippen LogP) is 6.72. The van der Waals surface area contributed by atoms with E-state index in [1.807, 2.05) is 54.6 Å². The molecule has 0 amide bonds. The van der Waals surface area contributed by atoms with Gasteiger partial charge >= 0.3 is 5.97 Å². The molecule has 1 aliphatic heterocycles. The second kappa shape index (κ2) is 9.57. The predicted molar refractivity (Wildman–Crippen MR) is 143 cm³/mol. The van der Waals surface area contributed by atoms with Crippen molar-refractivity contribution >= 4 is 17.6 Å². The van der Waals surface area contributed by atoms with Crippen molar-refractivity contribution in [3.05, 3.63) is 87.9 Å². The van der Waals surface area contributed by atoms with Crippen LogP contribution in [0.5, 0.6) is 5.75 Å². The monoisotopic (exact) mass is 501 g/mol. The van der Waals surface area contributed by atoms with Crippen molar-refractivity contribution in [1.29, 1.82) is 0 Å². The lowest BCUT2D eigenvalue weighted by atomic mass is 9.52. The van der Waals surface area contributed by atoms with Gasteiger partial charge in [0.25, 0.3) is 0 Å². The van der Waals surface area contributed by atoms with Gasteiger partial charge in [0.05, 0.1) is 12.7 Å². The summed E-state index contributed by atoms with van der Waals surface area (Å²) in [5.74, 6) is 1.05. The van der Waals surface area contributed by atoms with Gasteiger partial charge in [-0.2, -0.15) is 0 Å². The first kappa shape index (κ1) is 23.6. The lowest BCUT2D eigenvalue weighted by molar-refractivity contribution is 0.0464. The summed E-state index contributed by atoms with van der Waals surface area (Å²) in [6, 6.07) is 20.1. The maximum atomic E-state index is 14.0. The molecule has 36 heavy (non-hydrogen) atoms. The fourth-order valence-corrected chi connectivity index (χ4v) is 7.26. The van der Waals surface area contributed by atoms with Crippen LogP contribution in [0, 0.1) is 5.92 Å². The normalized spacial score (nSPS) is 24.4. The Balaban J connectivity index is 1.54. The minimum atomic E-state index is -0.289. The highest BCUT2D eigenvalue weighted by Crippen LogP contribution is 2.56. The maximum absolute atomic E-state index is 14.0. The van der Waals surface area contributed by atoms with E-state index in [0.717, 1.165) is 47.4 Å². The number of piperidine rings is 1. The summed E-state index contributed by atoms with van der Waals surface area (Å²) in [6.45, 7) is 1.26. The van der Waals surface area contributed by atoms with Crippen molar-refractivity contribution in [2.24, 2.45) is 5.92 Å². The Morgan fingerprint density at radius 3 is 2.67 bits per heavy atom. The van der Waals surface area contributed by atoms with Gasteiger partial charge in [0.2, 0.25) is 0 Å². The van der Waals surface area contributed by atoms with Gasteiger partial charge in [0, 0.05) is 22.0 Å². The molecule has 5 heteroatoms. The topological polar surface area (TPSA) is 47.6 Å². The second-order valence-electron chi connectivity index (χ2n) is 10.4. The zero-order valence-corrected chi connectivity index (χ0v) is 21.4. The largest absolute Gasteiger partial charge is 0.496 e. The highest BCUT2D eigenvalue weighted by Gasteiger charge is 2.53. The first-order valence-corrected chi connectivity index (χ1v) is 13.4. The standard InChI is InChI=1S/C31H32ClNO3/c1-35-27-18-25-23(17-26-24-9-5-6-14-31(24,25)15-16-33-26)29(28(27)21-10-12-22(32)13-11-21)30(34)36-19-20-7-3-2-4-8-20/h2-4,7-8,10-13,18,24,26,33H,5-6,9,14-17,19H2,1H3/t24-,26+,31+/m0/s1. The molecule has 186 valence electrons. The molecular formula is C31H32ClNO3.